The van der Waals surface area contributed by atoms with E-state index in [1.807, 2.05) is 12.1 Å². The third-order valence-electron chi connectivity index (χ3n) is 4.45. The van der Waals surface area contributed by atoms with E-state index >= 15 is 0 Å². The largest absolute Gasteiger partial charge is 0.492 e. The normalized spacial score (nSPS) is 23.8. The molecule has 20 heavy (non-hydrogen) atoms. The number of nitrogens with two attached hydrogens (primary N) is 1. The van der Waals surface area contributed by atoms with Crippen LogP contribution in [0.25, 0.3) is 0 Å². The van der Waals surface area contributed by atoms with E-state index in [2.05, 4.69) is 30.9 Å². The summed E-state index contributed by atoms with van der Waals surface area (Å²) in [6.07, 6.45) is 2.25. The molecule has 0 saturated carbocycles. The zero-order valence-electron chi connectivity index (χ0n) is 12.8. The highest BCUT2D eigenvalue weighted by molar-refractivity contribution is 5.27. The fourth-order valence-electron chi connectivity index (χ4n) is 2.76. The van der Waals surface area contributed by atoms with Gasteiger partial charge in [0, 0.05) is 13.1 Å². The summed E-state index contributed by atoms with van der Waals surface area (Å²) in [6.45, 7) is 9.64. The summed E-state index contributed by atoms with van der Waals surface area (Å²) in [4.78, 5) is 2.52. The predicted octanol–water partition coefficient (Wildman–Crippen LogP) is 2.54. The van der Waals surface area contributed by atoms with Crippen molar-refractivity contribution in [3.05, 3.63) is 29.8 Å². The molecule has 0 bridgehead atoms. The maximum absolute atomic E-state index is 5.83. The van der Waals surface area contributed by atoms with Gasteiger partial charge in [-0.1, -0.05) is 26.0 Å². The highest BCUT2D eigenvalue weighted by Gasteiger charge is 2.22. The second-order valence-electron chi connectivity index (χ2n) is 6.07. The van der Waals surface area contributed by atoms with Crippen LogP contribution in [0.1, 0.15) is 25.8 Å². The van der Waals surface area contributed by atoms with Crippen molar-refractivity contribution < 1.29 is 4.74 Å². The number of ether oxygens (including phenoxy) is 1. The van der Waals surface area contributed by atoms with E-state index < -0.39 is 0 Å². The first-order valence-electron chi connectivity index (χ1n) is 7.83. The smallest absolute Gasteiger partial charge is 0.119 e. The molecule has 1 aromatic rings. The highest BCUT2D eigenvalue weighted by Crippen LogP contribution is 2.22. The van der Waals surface area contributed by atoms with Gasteiger partial charge in [-0.05, 0) is 55.5 Å². The zero-order valence-corrected chi connectivity index (χ0v) is 12.8. The third kappa shape index (κ3) is 4.50. The summed E-state index contributed by atoms with van der Waals surface area (Å²) in [5, 5.41) is 0. The van der Waals surface area contributed by atoms with E-state index in [1.54, 1.807) is 0 Å². The number of hydrogen-bond acceptors (Lipinski definition) is 3. The molecule has 3 heteroatoms. The Morgan fingerprint density at radius 1 is 1.20 bits per heavy atom. The van der Waals surface area contributed by atoms with Crippen molar-refractivity contribution in [1.82, 2.24) is 4.90 Å². The Kier molecular flexibility index (Phi) is 5.86. The molecule has 1 aliphatic heterocycles. The Labute approximate surface area is 123 Å². The van der Waals surface area contributed by atoms with Crippen LogP contribution in [0.5, 0.6) is 5.75 Å². The molecular formula is C17H28N2O. The van der Waals surface area contributed by atoms with E-state index in [9.17, 15) is 0 Å². The summed E-state index contributed by atoms with van der Waals surface area (Å²) in [7, 11) is 0. The molecule has 2 unspecified atom stereocenters. The van der Waals surface area contributed by atoms with Gasteiger partial charge in [0.15, 0.2) is 0 Å². The number of rotatable bonds is 6. The van der Waals surface area contributed by atoms with Crippen LogP contribution >= 0.6 is 0 Å². The molecule has 2 atom stereocenters. The molecule has 112 valence electrons. The van der Waals surface area contributed by atoms with Gasteiger partial charge in [-0.3, -0.25) is 4.90 Å². The summed E-state index contributed by atoms with van der Waals surface area (Å²) in [5.41, 5.74) is 6.82. The average Bonchev–Trinajstić information content (AvgIpc) is 2.45. The van der Waals surface area contributed by atoms with Gasteiger partial charge in [0.2, 0.25) is 0 Å². The van der Waals surface area contributed by atoms with Crippen molar-refractivity contribution in [3.63, 3.8) is 0 Å². The van der Waals surface area contributed by atoms with Gasteiger partial charge in [-0.25, -0.2) is 0 Å². The van der Waals surface area contributed by atoms with Gasteiger partial charge in [-0.15, -0.1) is 0 Å². The molecule has 0 aliphatic carbocycles. The second-order valence-corrected chi connectivity index (χ2v) is 6.07. The van der Waals surface area contributed by atoms with Crippen molar-refractivity contribution in [2.75, 3.05) is 32.8 Å². The molecule has 0 aromatic heterocycles. The molecule has 2 N–H and O–H groups in total. The Balaban J connectivity index is 1.70. The second kappa shape index (κ2) is 7.65. The van der Waals surface area contributed by atoms with Crippen LogP contribution in [0.2, 0.25) is 0 Å². The van der Waals surface area contributed by atoms with Gasteiger partial charge in [-0.2, -0.15) is 0 Å². The predicted molar refractivity (Wildman–Crippen MR) is 84.1 cm³/mol. The van der Waals surface area contributed by atoms with Crippen LogP contribution in [0.15, 0.2) is 24.3 Å². The van der Waals surface area contributed by atoms with E-state index in [0.717, 1.165) is 37.2 Å². The van der Waals surface area contributed by atoms with Crippen LogP contribution in [0.3, 0.4) is 0 Å². The number of likely N-dealkylation sites (tertiary alicyclic amines) is 1. The maximum atomic E-state index is 5.83. The van der Waals surface area contributed by atoms with Gasteiger partial charge >= 0.3 is 0 Å². The van der Waals surface area contributed by atoms with Crippen LogP contribution < -0.4 is 10.5 Å². The molecule has 2 rings (SSSR count). The quantitative estimate of drug-likeness (QED) is 0.868. The molecule has 1 heterocycles. The minimum Gasteiger partial charge on any atom is -0.492 e. The SMILES string of the molecule is CC1CCN(CCOc2ccc(CCN)cc2)CC1C. The van der Waals surface area contributed by atoms with E-state index in [0.29, 0.717) is 6.54 Å². The van der Waals surface area contributed by atoms with Gasteiger partial charge in [0.05, 0.1) is 0 Å². The highest BCUT2D eigenvalue weighted by atomic mass is 16.5. The Morgan fingerprint density at radius 3 is 2.60 bits per heavy atom. The minimum absolute atomic E-state index is 0.700. The van der Waals surface area contributed by atoms with Gasteiger partial charge < -0.3 is 10.5 Å². The molecular weight excluding hydrogens is 248 g/mol. The maximum Gasteiger partial charge on any atom is 0.119 e. The lowest BCUT2D eigenvalue weighted by atomic mass is 9.89. The lowest BCUT2D eigenvalue weighted by molar-refractivity contribution is 0.119. The van der Waals surface area contributed by atoms with Crippen LogP contribution in [0, 0.1) is 11.8 Å². The first-order valence-corrected chi connectivity index (χ1v) is 7.83. The lowest BCUT2D eigenvalue weighted by Gasteiger charge is -2.35. The molecule has 3 nitrogen and oxygen atoms in total. The van der Waals surface area contributed by atoms with Crippen LogP contribution in [-0.4, -0.2) is 37.7 Å². The Hall–Kier alpha value is -1.06. The Morgan fingerprint density at radius 2 is 1.95 bits per heavy atom. The fourth-order valence-corrected chi connectivity index (χ4v) is 2.76. The topological polar surface area (TPSA) is 38.5 Å². The summed E-state index contributed by atoms with van der Waals surface area (Å²) in [5.74, 6) is 2.63. The monoisotopic (exact) mass is 276 g/mol. The molecule has 1 fully saturated rings. The van der Waals surface area contributed by atoms with Crippen LogP contribution in [-0.2, 0) is 6.42 Å². The van der Waals surface area contributed by atoms with Crippen molar-refractivity contribution in [3.8, 4) is 5.75 Å². The summed E-state index contributed by atoms with van der Waals surface area (Å²) in [6, 6.07) is 8.30. The third-order valence-corrected chi connectivity index (χ3v) is 4.45. The van der Waals surface area contributed by atoms with Gasteiger partial charge in [0.1, 0.15) is 12.4 Å². The first-order chi connectivity index (χ1) is 9.69. The molecule has 1 aliphatic rings. The lowest BCUT2D eigenvalue weighted by Crippen LogP contribution is -2.40. The number of benzene rings is 1. The minimum atomic E-state index is 0.700. The van der Waals surface area contributed by atoms with Crippen LogP contribution in [0.4, 0.5) is 0 Å². The summed E-state index contributed by atoms with van der Waals surface area (Å²) >= 11 is 0. The number of hydrogen-bond donors (Lipinski definition) is 1. The van der Waals surface area contributed by atoms with E-state index in [4.69, 9.17) is 10.5 Å². The molecule has 1 aromatic carbocycles. The molecule has 1 saturated heterocycles. The molecule has 0 spiro atoms. The first kappa shape index (κ1) is 15.3. The van der Waals surface area contributed by atoms with Crippen molar-refractivity contribution in [2.45, 2.75) is 26.7 Å². The van der Waals surface area contributed by atoms with Gasteiger partial charge in [0.25, 0.3) is 0 Å². The van der Waals surface area contributed by atoms with Crippen molar-refractivity contribution in [2.24, 2.45) is 17.6 Å². The fraction of sp³-hybridized carbons (Fsp3) is 0.647. The standard InChI is InChI=1S/C17H28N2O/c1-14-8-10-19(13-15(14)2)11-12-20-17-5-3-16(4-6-17)7-9-18/h3-6,14-15H,7-13,18H2,1-2H3. The average molecular weight is 276 g/mol. The van der Waals surface area contributed by atoms with Crippen molar-refractivity contribution in [1.29, 1.82) is 0 Å². The molecule has 0 amide bonds. The number of nitrogens with zero attached hydrogens (tertiary/aromatic N) is 1. The zero-order chi connectivity index (χ0) is 14.4. The molecule has 0 radical (unpaired) electrons. The Bertz CT molecular complexity index is 390. The summed E-state index contributed by atoms with van der Waals surface area (Å²) < 4.78 is 5.83. The van der Waals surface area contributed by atoms with E-state index in [1.165, 1.54) is 25.1 Å². The van der Waals surface area contributed by atoms with E-state index in [-0.39, 0.29) is 0 Å². The van der Waals surface area contributed by atoms with Crippen molar-refractivity contribution >= 4 is 0 Å². The number of piperidine rings is 1.